The van der Waals surface area contributed by atoms with Crippen molar-refractivity contribution in [1.82, 2.24) is 14.7 Å². The molecule has 1 fully saturated rings. The van der Waals surface area contributed by atoms with Gasteiger partial charge in [-0.05, 0) is 45.4 Å². The van der Waals surface area contributed by atoms with Crippen LogP contribution in [0.25, 0.3) is 0 Å². The first kappa shape index (κ1) is 15.0. The summed E-state index contributed by atoms with van der Waals surface area (Å²) in [6, 6.07) is 5.78. The summed E-state index contributed by atoms with van der Waals surface area (Å²) in [5.41, 5.74) is 2.14. The number of carbonyl (C=O) groups is 2. The van der Waals surface area contributed by atoms with Gasteiger partial charge in [-0.2, -0.15) is 5.10 Å². The van der Waals surface area contributed by atoms with E-state index in [-0.39, 0.29) is 17.7 Å². The lowest BCUT2D eigenvalue weighted by Crippen LogP contribution is -2.28. The Hall–Kier alpha value is -1.95. The Morgan fingerprint density at radius 1 is 1.27 bits per heavy atom. The molecular formula is C16H19N3O2S. The predicted octanol–water partition coefficient (Wildman–Crippen LogP) is 2.85. The number of hydrogen-bond donors (Lipinski definition) is 0. The minimum absolute atomic E-state index is 0.00555. The van der Waals surface area contributed by atoms with E-state index in [2.05, 4.69) is 11.2 Å². The maximum absolute atomic E-state index is 12.5. The largest absolute Gasteiger partial charge is 0.336 e. The summed E-state index contributed by atoms with van der Waals surface area (Å²) < 4.78 is 2.03. The van der Waals surface area contributed by atoms with Crippen LogP contribution in [-0.2, 0) is 0 Å². The molecule has 0 bridgehead atoms. The van der Waals surface area contributed by atoms with E-state index >= 15 is 0 Å². The fourth-order valence-corrected chi connectivity index (χ4v) is 3.81. The van der Waals surface area contributed by atoms with Gasteiger partial charge in [0.05, 0.1) is 21.5 Å². The number of hydrogen-bond acceptors (Lipinski definition) is 4. The highest BCUT2D eigenvalue weighted by Gasteiger charge is 2.30. The number of aryl methyl sites for hydroxylation is 2. The van der Waals surface area contributed by atoms with Crippen LogP contribution in [0.15, 0.2) is 18.2 Å². The van der Waals surface area contributed by atoms with Crippen molar-refractivity contribution in [1.29, 1.82) is 0 Å². The second-order valence-electron chi connectivity index (χ2n) is 5.79. The van der Waals surface area contributed by atoms with Crippen molar-refractivity contribution < 1.29 is 9.59 Å². The molecule has 6 heteroatoms. The zero-order valence-corrected chi connectivity index (χ0v) is 13.8. The molecule has 1 saturated heterocycles. The zero-order valence-electron chi connectivity index (χ0n) is 13.0. The number of nitrogens with zero attached hydrogens (tertiary/aromatic N) is 3. The van der Waals surface area contributed by atoms with E-state index < -0.39 is 0 Å². The summed E-state index contributed by atoms with van der Waals surface area (Å²) in [4.78, 5) is 27.0. The molecule has 22 heavy (non-hydrogen) atoms. The van der Waals surface area contributed by atoms with Crippen LogP contribution in [0, 0.1) is 13.8 Å². The zero-order chi connectivity index (χ0) is 15.9. The number of likely N-dealkylation sites (tertiary alicyclic amines) is 1. The average molecular weight is 317 g/mol. The second kappa shape index (κ2) is 5.68. The lowest BCUT2D eigenvalue weighted by Gasteiger charge is -2.16. The average Bonchev–Trinajstić information content (AvgIpc) is 3.16. The highest BCUT2D eigenvalue weighted by molar-refractivity contribution is 7.15. The molecule has 0 aliphatic carbocycles. The molecule has 1 atom stereocenters. The van der Waals surface area contributed by atoms with Crippen LogP contribution in [0.5, 0.6) is 0 Å². The van der Waals surface area contributed by atoms with Gasteiger partial charge in [-0.3, -0.25) is 14.3 Å². The fraction of sp³-hybridized carbons (Fsp3) is 0.438. The molecule has 0 aromatic carbocycles. The summed E-state index contributed by atoms with van der Waals surface area (Å²) in [5.74, 6) is 0.0209. The van der Waals surface area contributed by atoms with Gasteiger partial charge in [-0.25, -0.2) is 0 Å². The Balaban J connectivity index is 1.73. The van der Waals surface area contributed by atoms with Crippen molar-refractivity contribution in [3.63, 3.8) is 0 Å². The van der Waals surface area contributed by atoms with Crippen LogP contribution in [-0.4, -0.2) is 39.5 Å². The van der Waals surface area contributed by atoms with E-state index in [9.17, 15) is 9.59 Å². The van der Waals surface area contributed by atoms with Crippen LogP contribution >= 0.6 is 11.3 Å². The van der Waals surface area contributed by atoms with Gasteiger partial charge in [0.25, 0.3) is 5.91 Å². The number of amides is 1. The molecule has 116 valence electrons. The second-order valence-corrected chi connectivity index (χ2v) is 6.87. The summed E-state index contributed by atoms with van der Waals surface area (Å²) >= 11 is 1.28. The van der Waals surface area contributed by atoms with Gasteiger partial charge in [-0.1, -0.05) is 0 Å². The fourth-order valence-electron chi connectivity index (χ4n) is 2.94. The standard InChI is InChI=1S/C16H19N3O2S/c1-10-8-11(2)19(17-10)13-6-7-18(9-13)16(21)15-5-4-14(22-15)12(3)20/h4-5,8,13H,6-7,9H2,1-3H3/t13-/m0/s1. The predicted molar refractivity (Wildman–Crippen MR) is 85.6 cm³/mol. The highest BCUT2D eigenvalue weighted by Crippen LogP contribution is 2.26. The van der Waals surface area contributed by atoms with E-state index in [1.54, 1.807) is 12.1 Å². The Labute approximate surface area is 133 Å². The van der Waals surface area contributed by atoms with Gasteiger partial charge >= 0.3 is 0 Å². The Morgan fingerprint density at radius 3 is 2.59 bits per heavy atom. The lowest BCUT2D eigenvalue weighted by molar-refractivity contribution is 0.0791. The van der Waals surface area contributed by atoms with Crippen LogP contribution in [0.4, 0.5) is 0 Å². The van der Waals surface area contributed by atoms with Crippen molar-refractivity contribution >= 4 is 23.0 Å². The Morgan fingerprint density at radius 2 is 2.00 bits per heavy atom. The minimum atomic E-state index is 0.00555. The summed E-state index contributed by atoms with van der Waals surface area (Å²) in [6.07, 6.45) is 0.915. The third kappa shape index (κ3) is 2.70. The van der Waals surface area contributed by atoms with Crippen molar-refractivity contribution in [2.75, 3.05) is 13.1 Å². The van der Waals surface area contributed by atoms with Crippen molar-refractivity contribution in [2.24, 2.45) is 0 Å². The quantitative estimate of drug-likeness (QED) is 0.818. The first-order valence-corrected chi connectivity index (χ1v) is 8.20. The van der Waals surface area contributed by atoms with Crippen LogP contribution in [0.3, 0.4) is 0 Å². The molecule has 2 aromatic heterocycles. The molecule has 0 unspecified atom stereocenters. The Kier molecular flexibility index (Phi) is 3.87. The van der Waals surface area contributed by atoms with E-state index in [4.69, 9.17) is 0 Å². The molecule has 0 radical (unpaired) electrons. The molecule has 0 N–H and O–H groups in total. The van der Waals surface area contributed by atoms with Gasteiger partial charge in [0.1, 0.15) is 0 Å². The first-order chi connectivity index (χ1) is 10.5. The maximum Gasteiger partial charge on any atom is 0.264 e. The first-order valence-electron chi connectivity index (χ1n) is 7.38. The molecule has 3 rings (SSSR count). The monoisotopic (exact) mass is 317 g/mol. The third-order valence-electron chi connectivity index (χ3n) is 4.00. The molecular weight excluding hydrogens is 298 g/mol. The SMILES string of the molecule is CC(=O)c1ccc(C(=O)N2CC[C@H](n3nc(C)cc3C)C2)s1. The smallest absolute Gasteiger partial charge is 0.264 e. The van der Waals surface area contributed by atoms with Crippen LogP contribution < -0.4 is 0 Å². The summed E-state index contributed by atoms with van der Waals surface area (Å²) in [7, 11) is 0. The number of aromatic nitrogens is 2. The molecule has 1 aliphatic heterocycles. The number of thiophene rings is 1. The molecule has 1 aliphatic rings. The third-order valence-corrected chi connectivity index (χ3v) is 5.18. The Bertz CT molecular complexity index is 732. The van der Waals surface area contributed by atoms with Crippen LogP contribution in [0.2, 0.25) is 0 Å². The minimum Gasteiger partial charge on any atom is -0.336 e. The maximum atomic E-state index is 12.5. The van der Waals surface area contributed by atoms with Gasteiger partial charge < -0.3 is 4.90 Å². The van der Waals surface area contributed by atoms with Gasteiger partial charge in [0.2, 0.25) is 0 Å². The van der Waals surface area contributed by atoms with E-state index in [0.29, 0.717) is 16.3 Å². The highest BCUT2D eigenvalue weighted by atomic mass is 32.1. The summed E-state index contributed by atoms with van der Waals surface area (Å²) in [5, 5.41) is 4.52. The number of ketones is 1. The van der Waals surface area contributed by atoms with Crippen molar-refractivity contribution in [3.8, 4) is 0 Å². The van der Waals surface area contributed by atoms with Gasteiger partial charge in [0.15, 0.2) is 5.78 Å². The molecule has 0 spiro atoms. The van der Waals surface area contributed by atoms with Gasteiger partial charge in [0, 0.05) is 18.8 Å². The molecule has 0 saturated carbocycles. The summed E-state index contributed by atoms with van der Waals surface area (Å²) in [6.45, 7) is 6.96. The van der Waals surface area contributed by atoms with E-state index in [1.165, 1.54) is 18.3 Å². The van der Waals surface area contributed by atoms with Gasteiger partial charge in [-0.15, -0.1) is 11.3 Å². The molecule has 5 nitrogen and oxygen atoms in total. The number of carbonyl (C=O) groups excluding carboxylic acids is 2. The normalized spacial score (nSPS) is 18.0. The topological polar surface area (TPSA) is 55.2 Å². The van der Waals surface area contributed by atoms with E-state index in [1.807, 2.05) is 23.4 Å². The lowest BCUT2D eigenvalue weighted by atomic mass is 10.2. The van der Waals surface area contributed by atoms with E-state index in [0.717, 1.165) is 24.4 Å². The molecule has 3 heterocycles. The van der Waals surface area contributed by atoms with Crippen molar-refractivity contribution in [2.45, 2.75) is 33.2 Å². The molecule has 1 amide bonds. The van der Waals surface area contributed by atoms with Crippen LogP contribution in [0.1, 0.15) is 50.1 Å². The van der Waals surface area contributed by atoms with Crippen molar-refractivity contribution in [3.05, 3.63) is 39.3 Å². The number of rotatable bonds is 3. The number of Topliss-reactive ketones (excluding diaryl/α,β-unsaturated/α-hetero) is 1. The molecule has 2 aromatic rings.